The van der Waals surface area contributed by atoms with Crippen molar-refractivity contribution in [1.29, 1.82) is 0 Å². The van der Waals surface area contributed by atoms with Crippen LogP contribution in [-0.2, 0) is 6.61 Å². The fraction of sp³-hybridized carbons (Fsp3) is 0.227. The molecule has 27 heavy (non-hydrogen) atoms. The summed E-state index contributed by atoms with van der Waals surface area (Å²) in [6, 6.07) is 18.0. The van der Waals surface area contributed by atoms with Crippen molar-refractivity contribution < 1.29 is 19.1 Å². The summed E-state index contributed by atoms with van der Waals surface area (Å²) in [5.74, 6) is 1.68. The van der Waals surface area contributed by atoms with E-state index >= 15 is 0 Å². The average molecular weight is 365 g/mol. The summed E-state index contributed by atoms with van der Waals surface area (Å²) in [7, 11) is 0. The number of carbonyl (C=O) groups is 1. The summed E-state index contributed by atoms with van der Waals surface area (Å²) in [6.07, 6.45) is 1.00. The van der Waals surface area contributed by atoms with Crippen molar-refractivity contribution in [3.05, 3.63) is 72.0 Å². The minimum absolute atomic E-state index is 0.101. The first-order valence-corrected chi connectivity index (χ1v) is 8.97. The summed E-state index contributed by atoms with van der Waals surface area (Å²) in [4.78, 5) is 12.5. The van der Waals surface area contributed by atoms with Crippen molar-refractivity contribution in [1.82, 2.24) is 0 Å². The SMILES string of the molecule is CC[C@@H](C)Oc1cccc(C(=O)Nc2ccc(-c3ccc(CO)o3)cc2)c1. The maximum atomic E-state index is 12.5. The van der Waals surface area contributed by atoms with Gasteiger partial charge in [0.1, 0.15) is 23.9 Å². The number of carbonyl (C=O) groups excluding carboxylic acids is 1. The third-order valence-electron chi connectivity index (χ3n) is 4.25. The van der Waals surface area contributed by atoms with Crippen LogP contribution in [0.1, 0.15) is 36.4 Å². The maximum absolute atomic E-state index is 12.5. The fourth-order valence-corrected chi connectivity index (χ4v) is 2.57. The summed E-state index contributed by atoms with van der Waals surface area (Å²) in [5, 5.41) is 12.0. The molecule has 0 fully saturated rings. The third-order valence-corrected chi connectivity index (χ3v) is 4.25. The van der Waals surface area contributed by atoms with E-state index < -0.39 is 0 Å². The Balaban J connectivity index is 1.68. The van der Waals surface area contributed by atoms with Crippen LogP contribution >= 0.6 is 0 Å². The fourth-order valence-electron chi connectivity index (χ4n) is 2.57. The normalized spacial score (nSPS) is 11.8. The molecule has 2 aromatic carbocycles. The van der Waals surface area contributed by atoms with Crippen LogP contribution in [0.3, 0.4) is 0 Å². The lowest BCUT2D eigenvalue weighted by Gasteiger charge is -2.13. The minimum Gasteiger partial charge on any atom is -0.491 e. The van der Waals surface area contributed by atoms with Gasteiger partial charge in [0, 0.05) is 16.8 Å². The highest BCUT2D eigenvalue weighted by Crippen LogP contribution is 2.24. The molecular weight excluding hydrogens is 342 g/mol. The zero-order valence-electron chi connectivity index (χ0n) is 15.4. The number of nitrogens with one attached hydrogen (secondary N) is 1. The predicted molar refractivity (Wildman–Crippen MR) is 105 cm³/mol. The molecule has 0 unspecified atom stereocenters. The minimum atomic E-state index is -0.196. The molecule has 2 N–H and O–H groups in total. The molecule has 0 saturated carbocycles. The van der Waals surface area contributed by atoms with Gasteiger partial charge in [0.15, 0.2) is 0 Å². The quantitative estimate of drug-likeness (QED) is 0.627. The van der Waals surface area contributed by atoms with Gasteiger partial charge in [-0.1, -0.05) is 13.0 Å². The Hall–Kier alpha value is -3.05. The lowest BCUT2D eigenvalue weighted by atomic mass is 10.1. The van der Waals surface area contributed by atoms with E-state index in [0.717, 1.165) is 12.0 Å². The topological polar surface area (TPSA) is 71.7 Å². The van der Waals surface area contributed by atoms with Crippen molar-refractivity contribution in [2.75, 3.05) is 5.32 Å². The second kappa shape index (κ2) is 8.56. The van der Waals surface area contributed by atoms with Gasteiger partial charge >= 0.3 is 0 Å². The van der Waals surface area contributed by atoms with E-state index in [0.29, 0.717) is 28.5 Å². The molecule has 3 aromatic rings. The number of aliphatic hydroxyl groups excluding tert-OH is 1. The first-order valence-electron chi connectivity index (χ1n) is 8.97. The largest absolute Gasteiger partial charge is 0.491 e. The van der Waals surface area contributed by atoms with Crippen LogP contribution in [0.5, 0.6) is 5.75 Å². The van der Waals surface area contributed by atoms with Crippen LogP contribution in [0.15, 0.2) is 65.1 Å². The first-order chi connectivity index (χ1) is 13.1. The first kappa shape index (κ1) is 18.7. The Morgan fingerprint density at radius 2 is 1.93 bits per heavy atom. The molecule has 0 spiro atoms. The van der Waals surface area contributed by atoms with E-state index in [9.17, 15) is 4.79 Å². The van der Waals surface area contributed by atoms with Gasteiger partial charge in [0.05, 0.1) is 6.10 Å². The molecule has 1 atom stereocenters. The van der Waals surface area contributed by atoms with Crippen LogP contribution < -0.4 is 10.1 Å². The van der Waals surface area contributed by atoms with Gasteiger partial charge in [0.2, 0.25) is 0 Å². The second-order valence-corrected chi connectivity index (χ2v) is 6.32. The smallest absolute Gasteiger partial charge is 0.255 e. The summed E-state index contributed by atoms with van der Waals surface area (Å²) in [5.41, 5.74) is 2.10. The predicted octanol–water partition coefficient (Wildman–Crippen LogP) is 4.87. The van der Waals surface area contributed by atoms with Crippen molar-refractivity contribution in [2.45, 2.75) is 33.0 Å². The van der Waals surface area contributed by atoms with Crippen molar-refractivity contribution in [3.8, 4) is 17.1 Å². The molecule has 0 aliphatic rings. The van der Waals surface area contributed by atoms with E-state index in [1.165, 1.54) is 0 Å². The maximum Gasteiger partial charge on any atom is 0.255 e. The lowest BCUT2D eigenvalue weighted by molar-refractivity contribution is 0.102. The number of hydrogen-bond acceptors (Lipinski definition) is 4. The Labute approximate surface area is 158 Å². The van der Waals surface area contributed by atoms with Gasteiger partial charge in [-0.15, -0.1) is 0 Å². The van der Waals surface area contributed by atoms with E-state index in [4.69, 9.17) is 14.3 Å². The number of hydrogen-bond donors (Lipinski definition) is 2. The van der Waals surface area contributed by atoms with Crippen LogP contribution in [0.4, 0.5) is 5.69 Å². The van der Waals surface area contributed by atoms with Gasteiger partial charge in [0.25, 0.3) is 5.91 Å². The molecule has 1 heterocycles. The van der Waals surface area contributed by atoms with Crippen LogP contribution in [0.25, 0.3) is 11.3 Å². The molecule has 5 heteroatoms. The molecule has 140 valence electrons. The molecule has 1 aromatic heterocycles. The van der Waals surface area contributed by atoms with E-state index in [1.807, 2.05) is 49.4 Å². The molecule has 1 amide bonds. The summed E-state index contributed by atoms with van der Waals surface area (Å²) < 4.78 is 11.3. The van der Waals surface area contributed by atoms with Crippen LogP contribution in [0, 0.1) is 0 Å². The number of aliphatic hydroxyl groups is 1. The third kappa shape index (κ3) is 4.77. The highest BCUT2D eigenvalue weighted by molar-refractivity contribution is 6.04. The van der Waals surface area contributed by atoms with Crippen molar-refractivity contribution >= 4 is 11.6 Å². The Morgan fingerprint density at radius 3 is 2.59 bits per heavy atom. The Bertz CT molecular complexity index is 899. The molecule has 0 radical (unpaired) electrons. The van der Waals surface area contributed by atoms with Gasteiger partial charge < -0.3 is 19.6 Å². The van der Waals surface area contributed by atoms with E-state index in [1.54, 1.807) is 18.2 Å². The Kier molecular flexibility index (Phi) is 5.94. The summed E-state index contributed by atoms with van der Waals surface area (Å²) in [6.45, 7) is 3.92. The second-order valence-electron chi connectivity index (χ2n) is 6.32. The van der Waals surface area contributed by atoms with Crippen molar-refractivity contribution in [2.24, 2.45) is 0 Å². The highest BCUT2D eigenvalue weighted by atomic mass is 16.5. The van der Waals surface area contributed by atoms with Crippen LogP contribution in [0.2, 0.25) is 0 Å². The average Bonchev–Trinajstić information content (AvgIpc) is 3.18. The van der Waals surface area contributed by atoms with Gasteiger partial charge in [-0.2, -0.15) is 0 Å². The van der Waals surface area contributed by atoms with Gasteiger partial charge in [-0.25, -0.2) is 0 Å². The molecule has 0 bridgehead atoms. The molecular formula is C22H23NO4. The Morgan fingerprint density at radius 1 is 1.15 bits per heavy atom. The number of furan rings is 1. The molecule has 3 rings (SSSR count). The van der Waals surface area contributed by atoms with Gasteiger partial charge in [-0.05, 0) is 67.9 Å². The number of anilines is 1. The van der Waals surface area contributed by atoms with E-state index in [-0.39, 0.29) is 18.6 Å². The van der Waals surface area contributed by atoms with Gasteiger partial charge in [-0.3, -0.25) is 4.79 Å². The number of ether oxygens (including phenoxy) is 1. The zero-order chi connectivity index (χ0) is 19.2. The zero-order valence-corrected chi connectivity index (χ0v) is 15.4. The summed E-state index contributed by atoms with van der Waals surface area (Å²) >= 11 is 0. The number of benzene rings is 2. The molecule has 5 nitrogen and oxygen atoms in total. The number of rotatable bonds is 7. The monoisotopic (exact) mass is 365 g/mol. The van der Waals surface area contributed by atoms with Crippen LogP contribution in [-0.4, -0.2) is 17.1 Å². The van der Waals surface area contributed by atoms with Crippen molar-refractivity contribution in [3.63, 3.8) is 0 Å². The molecule has 0 aliphatic heterocycles. The molecule has 0 aliphatic carbocycles. The van der Waals surface area contributed by atoms with E-state index in [2.05, 4.69) is 12.2 Å². The molecule has 0 saturated heterocycles. The standard InChI is InChI=1S/C22H23NO4/c1-3-15(2)26-19-6-4-5-17(13-19)22(25)23-18-9-7-16(8-10-18)21-12-11-20(14-24)27-21/h4-13,15,24H,3,14H2,1-2H3,(H,23,25)/t15-/m1/s1. The number of amides is 1. The lowest BCUT2D eigenvalue weighted by Crippen LogP contribution is -2.13. The highest BCUT2D eigenvalue weighted by Gasteiger charge is 2.10.